The van der Waals surface area contributed by atoms with Crippen LogP contribution in [0.4, 0.5) is 5.82 Å². The fourth-order valence-corrected chi connectivity index (χ4v) is 2.78. The second-order valence-corrected chi connectivity index (χ2v) is 6.03. The third-order valence-electron chi connectivity index (χ3n) is 4.12. The van der Waals surface area contributed by atoms with E-state index in [4.69, 9.17) is 9.47 Å². The number of ether oxygens (including phenoxy) is 2. The molecule has 1 aliphatic heterocycles. The maximum Gasteiger partial charge on any atom is 0.273 e. The van der Waals surface area contributed by atoms with Gasteiger partial charge in [-0.1, -0.05) is 11.3 Å². The molecule has 0 bridgehead atoms. The van der Waals surface area contributed by atoms with E-state index in [1.54, 1.807) is 24.2 Å². The molecular formula is C16H22N6O3. The Morgan fingerprint density at radius 2 is 2.32 bits per heavy atom. The maximum absolute atomic E-state index is 12.4. The van der Waals surface area contributed by atoms with Gasteiger partial charge in [-0.2, -0.15) is 0 Å². The standard InChI is InChI=1S/C16H22N6O3/c1-21(2)15-11(5-4-6-17-15)7-18-16(23)12-8-22(20-19-12)13-9-25-10-14(13)24-3/h4-6,8,13-14H,7,9-10H2,1-3H3,(H,18,23)/t13-,14-/m1/s1. The van der Waals surface area contributed by atoms with Crippen molar-refractivity contribution in [1.82, 2.24) is 25.3 Å². The quantitative estimate of drug-likeness (QED) is 0.801. The summed E-state index contributed by atoms with van der Waals surface area (Å²) in [5.41, 5.74) is 1.19. The van der Waals surface area contributed by atoms with Crippen molar-refractivity contribution in [2.24, 2.45) is 0 Å². The molecule has 0 aromatic carbocycles. The summed E-state index contributed by atoms with van der Waals surface area (Å²) >= 11 is 0. The molecule has 25 heavy (non-hydrogen) atoms. The van der Waals surface area contributed by atoms with Crippen LogP contribution < -0.4 is 10.2 Å². The first-order valence-corrected chi connectivity index (χ1v) is 8.02. The van der Waals surface area contributed by atoms with Crippen LogP contribution >= 0.6 is 0 Å². The number of rotatable bonds is 6. The normalized spacial score (nSPS) is 19.8. The molecule has 0 radical (unpaired) electrons. The first-order valence-electron chi connectivity index (χ1n) is 8.02. The number of amides is 1. The van der Waals surface area contributed by atoms with Gasteiger partial charge in [0.05, 0.1) is 19.4 Å². The molecule has 9 heteroatoms. The number of aromatic nitrogens is 4. The van der Waals surface area contributed by atoms with E-state index < -0.39 is 0 Å². The number of carbonyl (C=O) groups is 1. The molecule has 3 heterocycles. The predicted octanol–water partition coefficient (Wildman–Crippen LogP) is 0.255. The highest BCUT2D eigenvalue weighted by Crippen LogP contribution is 2.21. The molecule has 0 unspecified atom stereocenters. The van der Waals surface area contributed by atoms with Crippen LogP contribution in [-0.2, 0) is 16.0 Å². The van der Waals surface area contributed by atoms with E-state index in [-0.39, 0.29) is 23.7 Å². The highest BCUT2D eigenvalue weighted by atomic mass is 16.5. The molecule has 1 amide bonds. The smallest absolute Gasteiger partial charge is 0.273 e. The van der Waals surface area contributed by atoms with Gasteiger partial charge in [0, 0.05) is 39.5 Å². The van der Waals surface area contributed by atoms with Crippen LogP contribution in [0.2, 0.25) is 0 Å². The second kappa shape index (κ2) is 7.58. The third kappa shape index (κ3) is 3.77. The van der Waals surface area contributed by atoms with Crippen LogP contribution in [0.1, 0.15) is 22.1 Å². The molecule has 0 spiro atoms. The van der Waals surface area contributed by atoms with Gasteiger partial charge in [0.25, 0.3) is 5.91 Å². The number of nitrogens with zero attached hydrogens (tertiary/aromatic N) is 5. The van der Waals surface area contributed by atoms with Crippen molar-refractivity contribution in [2.45, 2.75) is 18.7 Å². The van der Waals surface area contributed by atoms with Crippen molar-refractivity contribution < 1.29 is 14.3 Å². The van der Waals surface area contributed by atoms with Crippen molar-refractivity contribution in [3.05, 3.63) is 35.8 Å². The lowest BCUT2D eigenvalue weighted by atomic mass is 10.2. The first-order chi connectivity index (χ1) is 12.1. The Morgan fingerprint density at radius 1 is 1.48 bits per heavy atom. The lowest BCUT2D eigenvalue weighted by Crippen LogP contribution is -2.26. The van der Waals surface area contributed by atoms with Gasteiger partial charge in [-0.15, -0.1) is 5.10 Å². The fourth-order valence-electron chi connectivity index (χ4n) is 2.78. The lowest BCUT2D eigenvalue weighted by Gasteiger charge is -2.16. The molecule has 9 nitrogen and oxygen atoms in total. The Kier molecular flexibility index (Phi) is 5.25. The lowest BCUT2D eigenvalue weighted by molar-refractivity contribution is 0.0661. The first kappa shape index (κ1) is 17.3. The number of anilines is 1. The monoisotopic (exact) mass is 346 g/mol. The van der Waals surface area contributed by atoms with Crippen molar-refractivity contribution in [3.63, 3.8) is 0 Å². The minimum atomic E-state index is -0.285. The zero-order valence-corrected chi connectivity index (χ0v) is 14.5. The van der Waals surface area contributed by atoms with Crippen LogP contribution in [0.5, 0.6) is 0 Å². The number of methoxy groups -OCH3 is 1. The molecule has 2 aromatic rings. The highest BCUT2D eigenvalue weighted by Gasteiger charge is 2.31. The van der Waals surface area contributed by atoms with E-state index in [0.29, 0.717) is 19.8 Å². The SMILES string of the molecule is CO[C@@H]1COC[C@H]1n1cc(C(=O)NCc2cccnc2N(C)C)nn1. The number of hydrogen-bond donors (Lipinski definition) is 1. The van der Waals surface area contributed by atoms with E-state index >= 15 is 0 Å². The van der Waals surface area contributed by atoms with Crippen LogP contribution in [-0.4, -0.2) is 66.4 Å². The van der Waals surface area contributed by atoms with E-state index in [9.17, 15) is 4.79 Å². The average molecular weight is 346 g/mol. The fraction of sp³-hybridized carbons (Fsp3) is 0.500. The minimum Gasteiger partial charge on any atom is -0.377 e. The molecule has 1 N–H and O–H groups in total. The Labute approximate surface area is 145 Å². The van der Waals surface area contributed by atoms with E-state index in [2.05, 4.69) is 20.6 Å². The minimum absolute atomic E-state index is 0.0716. The van der Waals surface area contributed by atoms with Gasteiger partial charge in [0.1, 0.15) is 18.0 Å². The topological polar surface area (TPSA) is 94.4 Å². The second-order valence-electron chi connectivity index (χ2n) is 6.03. The van der Waals surface area contributed by atoms with Crippen molar-refractivity contribution >= 4 is 11.7 Å². The van der Waals surface area contributed by atoms with E-state index in [0.717, 1.165) is 11.4 Å². The summed E-state index contributed by atoms with van der Waals surface area (Å²) in [6.45, 7) is 1.36. The van der Waals surface area contributed by atoms with Crippen LogP contribution in [0.15, 0.2) is 24.5 Å². The van der Waals surface area contributed by atoms with Gasteiger partial charge >= 0.3 is 0 Å². The molecule has 2 aromatic heterocycles. The molecule has 134 valence electrons. The zero-order valence-electron chi connectivity index (χ0n) is 14.5. The van der Waals surface area contributed by atoms with Gasteiger partial charge in [0.2, 0.25) is 0 Å². The summed E-state index contributed by atoms with van der Waals surface area (Å²) in [6.07, 6.45) is 3.26. The molecule has 1 saturated heterocycles. The Hall–Kier alpha value is -2.52. The Bertz CT molecular complexity index is 732. The molecule has 0 aliphatic carbocycles. The van der Waals surface area contributed by atoms with Gasteiger partial charge in [-0.25, -0.2) is 9.67 Å². The van der Waals surface area contributed by atoms with Gasteiger partial charge in [-0.05, 0) is 6.07 Å². The maximum atomic E-state index is 12.4. The molecule has 1 fully saturated rings. The highest BCUT2D eigenvalue weighted by molar-refractivity contribution is 5.91. The molecule has 1 aliphatic rings. The molecular weight excluding hydrogens is 324 g/mol. The van der Waals surface area contributed by atoms with E-state index in [1.807, 2.05) is 31.1 Å². The van der Waals surface area contributed by atoms with Crippen molar-refractivity contribution in [1.29, 1.82) is 0 Å². The van der Waals surface area contributed by atoms with Gasteiger partial charge in [-0.3, -0.25) is 4.79 Å². The summed E-state index contributed by atoms with van der Waals surface area (Å²) in [6, 6.07) is 3.70. The molecule has 2 atom stereocenters. The van der Waals surface area contributed by atoms with Crippen molar-refractivity contribution in [2.75, 3.05) is 39.3 Å². The van der Waals surface area contributed by atoms with Crippen LogP contribution in [0, 0.1) is 0 Å². The number of carbonyl (C=O) groups excluding carboxylic acids is 1. The zero-order chi connectivity index (χ0) is 17.8. The molecule has 3 rings (SSSR count). The predicted molar refractivity (Wildman–Crippen MR) is 90.4 cm³/mol. The summed E-state index contributed by atoms with van der Waals surface area (Å²) < 4.78 is 12.4. The van der Waals surface area contributed by atoms with Gasteiger partial charge < -0.3 is 19.7 Å². The van der Waals surface area contributed by atoms with Crippen LogP contribution in [0.25, 0.3) is 0 Å². The largest absolute Gasteiger partial charge is 0.377 e. The summed E-state index contributed by atoms with van der Waals surface area (Å²) in [5, 5.41) is 10.9. The number of pyridine rings is 1. The summed E-state index contributed by atoms with van der Waals surface area (Å²) in [5.74, 6) is 0.533. The van der Waals surface area contributed by atoms with E-state index in [1.165, 1.54) is 0 Å². The Morgan fingerprint density at radius 3 is 3.08 bits per heavy atom. The number of hydrogen-bond acceptors (Lipinski definition) is 7. The summed E-state index contributed by atoms with van der Waals surface area (Å²) in [4.78, 5) is 18.6. The summed E-state index contributed by atoms with van der Waals surface area (Å²) in [7, 11) is 5.46. The van der Waals surface area contributed by atoms with Crippen LogP contribution in [0.3, 0.4) is 0 Å². The third-order valence-corrected chi connectivity index (χ3v) is 4.12. The number of nitrogens with one attached hydrogen (secondary N) is 1. The Balaban J connectivity index is 1.65. The van der Waals surface area contributed by atoms with Gasteiger partial charge in [0.15, 0.2) is 5.69 Å². The molecule has 0 saturated carbocycles. The van der Waals surface area contributed by atoms with Crippen molar-refractivity contribution in [3.8, 4) is 0 Å². The average Bonchev–Trinajstić information content (AvgIpc) is 3.28.